The van der Waals surface area contributed by atoms with Gasteiger partial charge in [-0.05, 0) is 42.5 Å². The van der Waals surface area contributed by atoms with Crippen LogP contribution in [0.3, 0.4) is 0 Å². The number of hydrogen-bond donors (Lipinski definition) is 2. The van der Waals surface area contributed by atoms with Crippen molar-refractivity contribution in [1.82, 2.24) is 9.89 Å². The van der Waals surface area contributed by atoms with Gasteiger partial charge >= 0.3 is 0 Å². The third-order valence-corrected chi connectivity index (χ3v) is 8.65. The zero-order chi connectivity index (χ0) is 36.2. The molecule has 0 bridgehead atoms. The van der Waals surface area contributed by atoms with E-state index in [2.05, 4.69) is 10.6 Å². The molecule has 2 aliphatic carbocycles. The van der Waals surface area contributed by atoms with Gasteiger partial charge in [-0.1, -0.05) is 84.6 Å². The molecule has 0 aliphatic heterocycles. The fourth-order valence-electron chi connectivity index (χ4n) is 6.45. The number of carbonyl (C=O) groups excluding carboxylic acids is 3. The minimum atomic E-state index is -0.477. The van der Waals surface area contributed by atoms with Gasteiger partial charge in [0.1, 0.15) is 0 Å². The van der Waals surface area contributed by atoms with Gasteiger partial charge in [0, 0.05) is 89.6 Å². The molecule has 7 rings (SSSR count). The zero-order valence-electron chi connectivity index (χ0n) is 28.5. The number of Topliss-reactive ketones (excluding diaryl/α,β-unsaturated/α-hetero) is 1. The van der Waals surface area contributed by atoms with E-state index < -0.39 is 11.5 Å². The predicted molar refractivity (Wildman–Crippen MR) is 205 cm³/mol. The molecule has 0 heterocycles. The Morgan fingerprint density at radius 3 is 1.63 bits per heavy atom. The first-order valence-electron chi connectivity index (χ1n) is 16.8. The lowest BCUT2D eigenvalue weighted by molar-refractivity contribution is -0.297. The van der Waals surface area contributed by atoms with Crippen LogP contribution in [-0.2, 0) is 14.4 Å². The van der Waals surface area contributed by atoms with E-state index in [0.29, 0.717) is 22.5 Å². The van der Waals surface area contributed by atoms with E-state index in [1.54, 1.807) is 24.3 Å². The second-order valence-electron chi connectivity index (χ2n) is 12.2. The second-order valence-corrected chi connectivity index (χ2v) is 12.2. The van der Waals surface area contributed by atoms with Gasteiger partial charge in [-0.3, -0.25) is 14.4 Å². The van der Waals surface area contributed by atoms with E-state index >= 15 is 0 Å². The maximum Gasteiger partial charge on any atom is 0.221 e. The molecule has 0 saturated heterocycles. The lowest BCUT2D eigenvalue weighted by Crippen LogP contribution is -2.33. The number of nitrogens with one attached hydrogen (secondary N) is 2. The molecule has 0 spiro atoms. The molecule has 8 heteroatoms. The lowest BCUT2D eigenvalue weighted by atomic mass is 9.78. The van der Waals surface area contributed by atoms with E-state index in [-0.39, 0.29) is 23.0 Å². The topological polar surface area (TPSA) is 105 Å². The standard InChI is InChI=1S/C44H34N4O4/c1-29(49)45-39-27-35(47(31-15-7-3-8-16-31)32-17-9-4-10-18-32)23-25-37(39)41-43(51)42(44(41)52)38-26-24-36(28-40(38)46-30(2)50)48(33-19-11-5-12-20-33)34-21-13-6-14-22-34/h3-28H,1-2H3,(H2,45,46,49,50,51,52). The Bertz CT molecular complexity index is 2280. The highest BCUT2D eigenvalue weighted by Crippen LogP contribution is 2.44. The number of rotatable bonds is 8. The summed E-state index contributed by atoms with van der Waals surface area (Å²) >= 11 is 0. The average molecular weight is 683 g/mol. The summed E-state index contributed by atoms with van der Waals surface area (Å²) in [6.45, 7) is 2.76. The van der Waals surface area contributed by atoms with Gasteiger partial charge in [-0.25, -0.2) is 0 Å². The minimum Gasteiger partial charge on any atom is -0.871 e. The van der Waals surface area contributed by atoms with Crippen LogP contribution in [0.2, 0.25) is 0 Å². The largest absolute Gasteiger partial charge is 0.871 e. The van der Waals surface area contributed by atoms with Crippen LogP contribution >= 0.6 is 0 Å². The Hall–Kier alpha value is -7.06. The molecule has 5 aromatic rings. The van der Waals surface area contributed by atoms with Crippen molar-refractivity contribution in [1.29, 1.82) is 0 Å². The molecular formula is C44H34N4O4. The van der Waals surface area contributed by atoms with Crippen molar-refractivity contribution in [3.63, 3.8) is 0 Å². The number of para-hydroxylation sites is 4. The van der Waals surface area contributed by atoms with Crippen LogP contribution in [-0.4, -0.2) is 23.3 Å². The number of anilines is 4. The molecule has 52 heavy (non-hydrogen) atoms. The first kappa shape index (κ1) is 33.4. The van der Waals surface area contributed by atoms with Crippen LogP contribution in [0.15, 0.2) is 180 Å². The fraction of sp³-hybridized carbons (Fsp3) is 0.0455. The molecule has 5 aromatic carbocycles. The molecule has 0 atom stereocenters. The number of ketones is 1. The fourth-order valence-corrected chi connectivity index (χ4v) is 6.45. The summed E-state index contributed by atoms with van der Waals surface area (Å²) < 4.78 is 2.02. The Morgan fingerprint density at radius 2 is 1.13 bits per heavy atom. The SMILES string of the molecule is CC(=O)NC1=CC(=[N+](c2ccccc2)c2ccccc2)C=C/C1=C1/C(=O)C(c2ccc(N(c3ccccc3)c3ccccc3)cc2NC(C)=O)=C1[O-]. The zero-order valence-corrected chi connectivity index (χ0v) is 28.5. The molecule has 0 saturated carbocycles. The van der Waals surface area contributed by atoms with Crippen LogP contribution < -0.4 is 25.2 Å². The Labute approximate surface area is 301 Å². The van der Waals surface area contributed by atoms with E-state index in [1.165, 1.54) is 13.8 Å². The van der Waals surface area contributed by atoms with Crippen molar-refractivity contribution in [2.45, 2.75) is 13.8 Å². The number of nitrogens with zero attached hydrogens (tertiary/aromatic N) is 2. The van der Waals surface area contributed by atoms with Crippen molar-refractivity contribution in [2.24, 2.45) is 0 Å². The van der Waals surface area contributed by atoms with E-state index in [0.717, 1.165) is 34.1 Å². The van der Waals surface area contributed by atoms with Crippen LogP contribution in [0.4, 0.5) is 34.1 Å². The Kier molecular flexibility index (Phi) is 9.28. The summed E-state index contributed by atoms with van der Waals surface area (Å²) in [6.07, 6.45) is 5.28. The van der Waals surface area contributed by atoms with Crippen molar-refractivity contribution < 1.29 is 19.5 Å². The van der Waals surface area contributed by atoms with Gasteiger partial charge in [0.15, 0.2) is 5.78 Å². The molecule has 0 aromatic heterocycles. The van der Waals surface area contributed by atoms with Gasteiger partial charge in [0.25, 0.3) is 0 Å². The normalized spacial score (nSPS) is 15.1. The minimum absolute atomic E-state index is 0.0377. The predicted octanol–water partition coefficient (Wildman–Crippen LogP) is 7.63. The van der Waals surface area contributed by atoms with Gasteiger partial charge in [-0.15, -0.1) is 0 Å². The third-order valence-electron chi connectivity index (χ3n) is 8.65. The summed E-state index contributed by atoms with van der Waals surface area (Å²) in [5, 5.41) is 19.7. The molecule has 2 N–H and O–H groups in total. The number of amides is 2. The number of allylic oxidation sites excluding steroid dienone is 5. The van der Waals surface area contributed by atoms with Gasteiger partial charge in [-0.2, -0.15) is 4.58 Å². The van der Waals surface area contributed by atoms with E-state index in [9.17, 15) is 19.5 Å². The van der Waals surface area contributed by atoms with Crippen molar-refractivity contribution >= 4 is 63.0 Å². The highest BCUT2D eigenvalue weighted by atomic mass is 16.3. The van der Waals surface area contributed by atoms with Crippen LogP contribution in [0.5, 0.6) is 0 Å². The number of benzene rings is 5. The first-order valence-corrected chi connectivity index (χ1v) is 16.8. The lowest BCUT2D eigenvalue weighted by Gasteiger charge is -2.34. The molecule has 2 amide bonds. The van der Waals surface area contributed by atoms with Crippen molar-refractivity contribution in [3.8, 4) is 0 Å². The Morgan fingerprint density at radius 1 is 0.615 bits per heavy atom. The summed E-state index contributed by atoms with van der Waals surface area (Å²) in [5.41, 5.74) is 6.22. The molecule has 8 nitrogen and oxygen atoms in total. The average Bonchev–Trinajstić information content (AvgIpc) is 3.15. The molecule has 0 radical (unpaired) electrons. The monoisotopic (exact) mass is 682 g/mol. The quantitative estimate of drug-likeness (QED) is 0.129. The number of hydrogen-bond acceptors (Lipinski definition) is 5. The van der Waals surface area contributed by atoms with E-state index in [1.807, 2.05) is 143 Å². The molecule has 0 unspecified atom stereocenters. The summed E-state index contributed by atoms with van der Waals surface area (Å²) in [6, 6.07) is 44.4. The smallest absolute Gasteiger partial charge is 0.221 e. The third kappa shape index (κ3) is 6.60. The van der Waals surface area contributed by atoms with Crippen molar-refractivity contribution in [2.75, 3.05) is 10.2 Å². The van der Waals surface area contributed by atoms with Gasteiger partial charge < -0.3 is 20.6 Å². The first-order chi connectivity index (χ1) is 25.3. The maximum absolute atomic E-state index is 14.0. The van der Waals surface area contributed by atoms with Crippen LogP contribution in [0.1, 0.15) is 19.4 Å². The summed E-state index contributed by atoms with van der Waals surface area (Å²) in [5.74, 6) is -1.65. The maximum atomic E-state index is 14.0. The van der Waals surface area contributed by atoms with Crippen LogP contribution in [0, 0.1) is 0 Å². The highest BCUT2D eigenvalue weighted by Gasteiger charge is 2.35. The summed E-state index contributed by atoms with van der Waals surface area (Å²) in [4.78, 5) is 41.0. The Balaban J connectivity index is 1.34. The number of carbonyl (C=O) groups is 3. The van der Waals surface area contributed by atoms with Crippen molar-refractivity contribution in [3.05, 3.63) is 186 Å². The highest BCUT2D eigenvalue weighted by molar-refractivity contribution is 6.40. The second kappa shape index (κ2) is 14.4. The van der Waals surface area contributed by atoms with Crippen LogP contribution in [0.25, 0.3) is 5.57 Å². The van der Waals surface area contributed by atoms with Gasteiger partial charge in [0.2, 0.25) is 28.9 Å². The molecule has 254 valence electrons. The molecular weight excluding hydrogens is 649 g/mol. The summed E-state index contributed by atoms with van der Waals surface area (Å²) in [7, 11) is 0. The molecule has 0 fully saturated rings. The van der Waals surface area contributed by atoms with E-state index in [4.69, 9.17) is 0 Å². The van der Waals surface area contributed by atoms with Gasteiger partial charge in [0.05, 0.1) is 11.4 Å². The molecule has 2 aliphatic rings.